The average molecular weight is 482 g/mol. The number of hydrogen-bond donors (Lipinski definition) is 1. The first-order valence-electron chi connectivity index (χ1n) is 11.4. The van der Waals surface area contributed by atoms with Gasteiger partial charge in [-0.25, -0.2) is 0 Å². The van der Waals surface area contributed by atoms with E-state index in [0.29, 0.717) is 31.1 Å². The van der Waals surface area contributed by atoms with Crippen LogP contribution in [0.2, 0.25) is 5.02 Å². The van der Waals surface area contributed by atoms with Gasteiger partial charge in [0.05, 0.1) is 6.26 Å². The Morgan fingerprint density at radius 3 is 2.38 bits per heavy atom. The van der Waals surface area contributed by atoms with Crippen LogP contribution < -0.4 is 10.1 Å². The average Bonchev–Trinajstić information content (AvgIpc) is 3.41. The molecule has 0 aliphatic carbocycles. The highest BCUT2D eigenvalue weighted by atomic mass is 35.5. The van der Waals surface area contributed by atoms with Crippen molar-refractivity contribution in [3.8, 4) is 5.75 Å². The summed E-state index contributed by atoms with van der Waals surface area (Å²) in [6.07, 6.45) is 1.86. The van der Waals surface area contributed by atoms with E-state index in [-0.39, 0.29) is 11.7 Å². The van der Waals surface area contributed by atoms with E-state index in [1.807, 2.05) is 47.4 Å². The number of furan rings is 1. The minimum atomic E-state index is -0.667. The number of carbonyl (C=O) groups is 2. The van der Waals surface area contributed by atoms with E-state index < -0.39 is 11.9 Å². The van der Waals surface area contributed by atoms with Crippen molar-refractivity contribution in [2.24, 2.45) is 0 Å². The molecule has 3 aromatic rings. The monoisotopic (exact) mass is 481 g/mol. The molecule has 0 spiro atoms. The molecule has 1 N–H and O–H groups in total. The minimum Gasteiger partial charge on any atom is -0.492 e. The highest BCUT2D eigenvalue weighted by Crippen LogP contribution is 2.16. The van der Waals surface area contributed by atoms with Gasteiger partial charge < -0.3 is 19.4 Å². The molecule has 4 rings (SSSR count). The highest BCUT2D eigenvalue weighted by Gasteiger charge is 2.29. The summed E-state index contributed by atoms with van der Waals surface area (Å²) in [7, 11) is 0. The van der Waals surface area contributed by atoms with Crippen molar-refractivity contribution in [3.63, 3.8) is 0 Å². The van der Waals surface area contributed by atoms with Crippen LogP contribution in [0.15, 0.2) is 77.4 Å². The van der Waals surface area contributed by atoms with Gasteiger partial charge in [-0.2, -0.15) is 0 Å². The quantitative estimate of drug-likeness (QED) is 0.506. The number of piperazine rings is 1. The van der Waals surface area contributed by atoms with Crippen LogP contribution in [0, 0.1) is 0 Å². The summed E-state index contributed by atoms with van der Waals surface area (Å²) < 4.78 is 11.0. The van der Waals surface area contributed by atoms with Gasteiger partial charge in [0.1, 0.15) is 18.4 Å². The van der Waals surface area contributed by atoms with Gasteiger partial charge in [-0.15, -0.1) is 0 Å². The third-order valence-electron chi connectivity index (χ3n) is 5.80. The Balaban J connectivity index is 1.30. The van der Waals surface area contributed by atoms with Crippen molar-refractivity contribution < 1.29 is 18.7 Å². The number of amides is 2. The Labute approximate surface area is 204 Å². The molecule has 1 atom stereocenters. The van der Waals surface area contributed by atoms with Crippen molar-refractivity contribution in [3.05, 3.63) is 89.3 Å². The molecule has 2 heterocycles. The fourth-order valence-corrected chi connectivity index (χ4v) is 4.05. The summed E-state index contributed by atoms with van der Waals surface area (Å²) in [5, 5.41) is 3.55. The first-order valence-corrected chi connectivity index (χ1v) is 11.7. The van der Waals surface area contributed by atoms with Crippen molar-refractivity contribution in [2.75, 3.05) is 39.3 Å². The molecule has 7 nitrogen and oxygen atoms in total. The standard InChI is InChI=1S/C26H28ClN3O4/c27-21-8-10-22(11-9-21)33-18-16-29-12-14-30(15-13-29)26(32)23(19-20-5-2-1-3-6-20)28-25(31)24-7-4-17-34-24/h1-11,17,23H,12-16,18-19H2,(H,28,31)/t23-/m0/s1. The van der Waals surface area contributed by atoms with Crippen LogP contribution in [0.25, 0.3) is 0 Å². The summed E-state index contributed by atoms with van der Waals surface area (Å²) in [5.41, 5.74) is 0.985. The SMILES string of the molecule is O=C(N[C@@H](Cc1ccccc1)C(=O)N1CCN(CCOc2ccc(Cl)cc2)CC1)c1ccco1. The van der Waals surface area contributed by atoms with Crippen LogP contribution >= 0.6 is 11.6 Å². The molecule has 178 valence electrons. The number of nitrogens with zero attached hydrogens (tertiary/aromatic N) is 2. The molecule has 2 aromatic carbocycles. The van der Waals surface area contributed by atoms with Crippen molar-refractivity contribution in [2.45, 2.75) is 12.5 Å². The lowest BCUT2D eigenvalue weighted by Gasteiger charge is -2.36. The second kappa shape index (κ2) is 11.7. The summed E-state index contributed by atoms with van der Waals surface area (Å²) in [6, 6.07) is 19.6. The van der Waals surface area contributed by atoms with Gasteiger partial charge >= 0.3 is 0 Å². The number of carbonyl (C=O) groups excluding carboxylic acids is 2. The zero-order valence-corrected chi connectivity index (χ0v) is 19.6. The molecule has 0 unspecified atom stereocenters. The maximum Gasteiger partial charge on any atom is 0.287 e. The largest absolute Gasteiger partial charge is 0.492 e. The Bertz CT molecular complexity index is 1050. The predicted molar refractivity (Wildman–Crippen MR) is 130 cm³/mol. The Hall–Kier alpha value is -3.29. The molecule has 0 radical (unpaired) electrons. The van der Waals surface area contributed by atoms with Crippen LogP contribution in [0.1, 0.15) is 16.1 Å². The fraction of sp³-hybridized carbons (Fsp3) is 0.308. The van der Waals surface area contributed by atoms with Gasteiger partial charge in [0.25, 0.3) is 5.91 Å². The first kappa shape index (κ1) is 23.9. The molecule has 8 heteroatoms. The van der Waals surface area contributed by atoms with Gasteiger partial charge in [-0.05, 0) is 42.0 Å². The molecule has 1 fully saturated rings. The van der Waals surface area contributed by atoms with Crippen LogP contribution in [-0.4, -0.2) is 67.0 Å². The maximum absolute atomic E-state index is 13.4. The number of halogens is 1. The van der Waals surface area contributed by atoms with E-state index in [1.54, 1.807) is 24.3 Å². The maximum atomic E-state index is 13.4. The van der Waals surface area contributed by atoms with Gasteiger partial charge in [-0.3, -0.25) is 14.5 Å². The number of nitrogens with one attached hydrogen (secondary N) is 1. The fourth-order valence-electron chi connectivity index (χ4n) is 3.92. The van der Waals surface area contributed by atoms with Crippen LogP contribution in [-0.2, 0) is 11.2 Å². The normalized spacial score (nSPS) is 15.0. The third-order valence-corrected chi connectivity index (χ3v) is 6.06. The van der Waals surface area contributed by atoms with Gasteiger partial charge in [0.2, 0.25) is 5.91 Å². The molecule has 0 saturated carbocycles. The number of hydrogen-bond acceptors (Lipinski definition) is 5. The molecular formula is C26H28ClN3O4. The Morgan fingerprint density at radius 1 is 0.971 bits per heavy atom. The summed E-state index contributed by atoms with van der Waals surface area (Å²) in [4.78, 5) is 30.1. The lowest BCUT2D eigenvalue weighted by Crippen LogP contribution is -2.55. The van der Waals surface area contributed by atoms with Crippen LogP contribution in [0.4, 0.5) is 0 Å². The molecule has 0 bridgehead atoms. The third kappa shape index (κ3) is 6.62. The van der Waals surface area contributed by atoms with E-state index in [2.05, 4.69) is 10.2 Å². The van der Waals surface area contributed by atoms with Crippen molar-refractivity contribution >= 4 is 23.4 Å². The van der Waals surface area contributed by atoms with E-state index in [4.69, 9.17) is 20.8 Å². The second-order valence-corrected chi connectivity index (χ2v) is 8.60. The van der Waals surface area contributed by atoms with Crippen molar-refractivity contribution in [1.29, 1.82) is 0 Å². The Morgan fingerprint density at radius 2 is 1.71 bits per heavy atom. The van der Waals surface area contributed by atoms with Gasteiger partial charge in [0, 0.05) is 44.2 Å². The van der Waals surface area contributed by atoms with Gasteiger partial charge in [0.15, 0.2) is 5.76 Å². The molecule has 1 aromatic heterocycles. The smallest absolute Gasteiger partial charge is 0.287 e. The van der Waals surface area contributed by atoms with E-state index in [9.17, 15) is 9.59 Å². The summed E-state index contributed by atoms with van der Waals surface area (Å²) in [5.74, 6) is 0.503. The number of rotatable bonds is 9. The molecule has 2 amide bonds. The summed E-state index contributed by atoms with van der Waals surface area (Å²) in [6.45, 7) is 4.03. The van der Waals surface area contributed by atoms with Crippen LogP contribution in [0.5, 0.6) is 5.75 Å². The lowest BCUT2D eigenvalue weighted by molar-refractivity contribution is -0.135. The molecule has 34 heavy (non-hydrogen) atoms. The summed E-state index contributed by atoms with van der Waals surface area (Å²) >= 11 is 5.90. The molecule has 1 aliphatic rings. The topological polar surface area (TPSA) is 75.0 Å². The second-order valence-electron chi connectivity index (χ2n) is 8.16. The molecular weight excluding hydrogens is 454 g/mol. The van der Waals surface area contributed by atoms with E-state index in [0.717, 1.165) is 30.9 Å². The number of benzene rings is 2. The highest BCUT2D eigenvalue weighted by molar-refractivity contribution is 6.30. The number of ether oxygens (including phenoxy) is 1. The van der Waals surface area contributed by atoms with Crippen molar-refractivity contribution in [1.82, 2.24) is 15.1 Å². The van der Waals surface area contributed by atoms with E-state index in [1.165, 1.54) is 6.26 Å². The lowest BCUT2D eigenvalue weighted by atomic mass is 10.0. The molecule has 1 aliphatic heterocycles. The zero-order chi connectivity index (χ0) is 23.8. The van der Waals surface area contributed by atoms with Gasteiger partial charge in [-0.1, -0.05) is 41.9 Å². The zero-order valence-electron chi connectivity index (χ0n) is 18.9. The Kier molecular flexibility index (Phi) is 8.22. The molecule has 1 saturated heterocycles. The van der Waals surface area contributed by atoms with Crippen LogP contribution in [0.3, 0.4) is 0 Å². The predicted octanol–water partition coefficient (Wildman–Crippen LogP) is 3.50. The minimum absolute atomic E-state index is 0.0826. The first-order chi connectivity index (χ1) is 16.6. The van der Waals surface area contributed by atoms with E-state index >= 15 is 0 Å².